The predicted molar refractivity (Wildman–Crippen MR) is 200 cm³/mol. The lowest BCUT2D eigenvalue weighted by molar-refractivity contribution is -0.163. The molecule has 7 rings (SSSR count). The van der Waals surface area contributed by atoms with Crippen molar-refractivity contribution in [2.75, 3.05) is 72.7 Å². The monoisotopic (exact) mass is 782 g/mol. The van der Waals surface area contributed by atoms with Gasteiger partial charge in [0.2, 0.25) is 0 Å². The largest absolute Gasteiger partial charge is 0.463 e. The van der Waals surface area contributed by atoms with E-state index < -0.39 is 12.2 Å². The van der Waals surface area contributed by atoms with E-state index >= 15 is 0 Å². The molecule has 3 heterocycles. The molecule has 13 heteroatoms. The molecule has 0 aromatic rings. The highest BCUT2D eigenvalue weighted by Gasteiger charge is 2.42. The Kier molecular flexibility index (Phi) is 16.9. The zero-order valence-corrected chi connectivity index (χ0v) is 33.5. The number of aliphatic hydroxyl groups excluding tert-OH is 2. The predicted octanol–water partition coefficient (Wildman–Crippen LogP) is 4.40. The van der Waals surface area contributed by atoms with Crippen LogP contribution in [0.4, 0.5) is 0 Å². The molecule has 4 saturated carbocycles. The van der Waals surface area contributed by atoms with Crippen LogP contribution in [0.5, 0.6) is 0 Å². The number of hydrogen-bond donors (Lipinski definition) is 2. The first-order chi connectivity index (χ1) is 26.6. The van der Waals surface area contributed by atoms with Crippen molar-refractivity contribution in [3.05, 3.63) is 0 Å². The van der Waals surface area contributed by atoms with Gasteiger partial charge in [-0.15, -0.1) is 0 Å². The Balaban J connectivity index is 0.000000217. The summed E-state index contributed by atoms with van der Waals surface area (Å²) in [6.07, 6.45) is 14.8. The number of esters is 2. The van der Waals surface area contributed by atoms with E-state index in [9.17, 15) is 19.8 Å². The van der Waals surface area contributed by atoms with Crippen LogP contribution in [0.25, 0.3) is 0 Å². The molecule has 0 aromatic heterocycles. The summed E-state index contributed by atoms with van der Waals surface area (Å²) in [5.41, 5.74) is 0.324. The third kappa shape index (κ3) is 15.4. The highest BCUT2D eigenvalue weighted by atomic mass is 16.6. The molecule has 7 fully saturated rings. The van der Waals surface area contributed by atoms with E-state index in [2.05, 4.69) is 13.8 Å². The van der Waals surface area contributed by atoms with Crippen molar-refractivity contribution in [3.8, 4) is 0 Å². The Labute approximate surface area is 328 Å². The van der Waals surface area contributed by atoms with Crippen LogP contribution in [0, 0.1) is 35.0 Å². The summed E-state index contributed by atoms with van der Waals surface area (Å²) in [5.74, 6) is 0.878. The Bertz CT molecular complexity index is 1050. The van der Waals surface area contributed by atoms with E-state index in [4.69, 9.17) is 42.6 Å². The summed E-state index contributed by atoms with van der Waals surface area (Å²) in [6, 6.07) is 0. The number of carbonyl (C=O) groups is 2. The first-order valence-corrected chi connectivity index (χ1v) is 21.6. The molecular formula is C42H70O13. The van der Waals surface area contributed by atoms with Crippen LogP contribution >= 0.6 is 0 Å². The van der Waals surface area contributed by atoms with E-state index in [1.54, 1.807) is 0 Å². The molecule has 2 N–H and O–H groups in total. The molecule has 7 unspecified atom stereocenters. The third-order valence-electron chi connectivity index (χ3n) is 12.9. The van der Waals surface area contributed by atoms with Gasteiger partial charge < -0.3 is 52.8 Å². The standard InChI is InChI=1S/C28H50O7.C14H20O6/c1-28(2,21-5-9-25(10-6-21)33-16-23(29)14-31-13-20-3-4-20)22-7-11-26(12-8-22)34-17-24(30)15-32-18-27-19-35-27;15-13(19-7-9-5-17-9)11-3-1-2-4-12(11)14(16)20-8-10-6-18-10/h20-27,29-30H,3-19H2,1-2H3;9-12H,1-8H2. The Morgan fingerprint density at radius 3 is 1.36 bits per heavy atom. The van der Waals surface area contributed by atoms with Crippen LogP contribution in [0.2, 0.25) is 0 Å². The van der Waals surface area contributed by atoms with E-state index in [0.29, 0.717) is 77.7 Å². The minimum atomic E-state index is -0.559. The quantitative estimate of drug-likeness (QED) is 0.117. The highest BCUT2D eigenvalue weighted by molar-refractivity contribution is 5.82. The Morgan fingerprint density at radius 2 is 0.964 bits per heavy atom. The summed E-state index contributed by atoms with van der Waals surface area (Å²) in [4.78, 5) is 24.2. The Morgan fingerprint density at radius 1 is 0.564 bits per heavy atom. The third-order valence-corrected chi connectivity index (χ3v) is 12.9. The van der Waals surface area contributed by atoms with Crippen molar-refractivity contribution in [3.63, 3.8) is 0 Å². The fraction of sp³-hybridized carbons (Fsp3) is 0.952. The van der Waals surface area contributed by atoms with Gasteiger partial charge in [0, 0.05) is 6.61 Å². The lowest BCUT2D eigenvalue weighted by Gasteiger charge is -2.46. The number of rotatable bonds is 22. The minimum Gasteiger partial charge on any atom is -0.463 e. The van der Waals surface area contributed by atoms with Crippen molar-refractivity contribution in [2.24, 2.45) is 35.0 Å². The van der Waals surface area contributed by atoms with Crippen LogP contribution in [-0.2, 0) is 52.2 Å². The average molecular weight is 783 g/mol. The van der Waals surface area contributed by atoms with Crippen molar-refractivity contribution >= 4 is 11.9 Å². The van der Waals surface area contributed by atoms with Crippen molar-refractivity contribution < 1.29 is 62.4 Å². The lowest BCUT2D eigenvalue weighted by atomic mass is 9.60. The van der Waals surface area contributed by atoms with Gasteiger partial charge in [-0.25, -0.2) is 0 Å². The molecule has 0 spiro atoms. The van der Waals surface area contributed by atoms with Crippen molar-refractivity contribution in [1.82, 2.24) is 0 Å². The molecule has 316 valence electrons. The van der Waals surface area contributed by atoms with Crippen LogP contribution in [-0.4, -0.2) is 138 Å². The zero-order chi connectivity index (χ0) is 38.6. The highest BCUT2D eigenvalue weighted by Crippen LogP contribution is 2.49. The fourth-order valence-corrected chi connectivity index (χ4v) is 8.61. The molecule has 4 aliphatic carbocycles. The van der Waals surface area contributed by atoms with Gasteiger partial charge in [0.25, 0.3) is 0 Å². The number of ether oxygens (including phenoxy) is 9. The van der Waals surface area contributed by atoms with Gasteiger partial charge in [-0.1, -0.05) is 26.7 Å². The van der Waals surface area contributed by atoms with Crippen molar-refractivity contribution in [2.45, 2.75) is 146 Å². The van der Waals surface area contributed by atoms with E-state index in [0.717, 1.165) is 69.5 Å². The molecule has 13 nitrogen and oxygen atoms in total. The maximum absolute atomic E-state index is 12.1. The number of hydrogen-bond acceptors (Lipinski definition) is 13. The molecule has 0 radical (unpaired) electrons. The summed E-state index contributed by atoms with van der Waals surface area (Å²) in [7, 11) is 0. The fourth-order valence-electron chi connectivity index (χ4n) is 8.61. The second-order valence-corrected chi connectivity index (χ2v) is 17.9. The van der Waals surface area contributed by atoms with E-state index in [-0.39, 0.29) is 54.3 Å². The summed E-state index contributed by atoms with van der Waals surface area (Å²) < 4.78 is 48.7. The van der Waals surface area contributed by atoms with Gasteiger partial charge in [-0.2, -0.15) is 0 Å². The second kappa shape index (κ2) is 21.5. The van der Waals surface area contributed by atoms with Crippen LogP contribution < -0.4 is 0 Å². The molecule has 3 aliphatic heterocycles. The first-order valence-electron chi connectivity index (χ1n) is 21.6. The maximum Gasteiger partial charge on any atom is 0.309 e. The van der Waals surface area contributed by atoms with Gasteiger partial charge in [-0.3, -0.25) is 9.59 Å². The van der Waals surface area contributed by atoms with Crippen LogP contribution in [0.15, 0.2) is 0 Å². The molecule has 0 amide bonds. The van der Waals surface area contributed by atoms with Gasteiger partial charge in [0.15, 0.2) is 0 Å². The summed E-state index contributed by atoms with van der Waals surface area (Å²) in [5, 5.41) is 20.2. The number of epoxide rings is 3. The van der Waals surface area contributed by atoms with Crippen LogP contribution in [0.3, 0.4) is 0 Å². The number of aliphatic hydroxyl groups is 2. The number of carbonyl (C=O) groups excluding carboxylic acids is 2. The lowest BCUT2D eigenvalue weighted by Crippen LogP contribution is -2.39. The smallest absolute Gasteiger partial charge is 0.309 e. The van der Waals surface area contributed by atoms with E-state index in [1.165, 1.54) is 38.5 Å². The van der Waals surface area contributed by atoms with Gasteiger partial charge in [-0.05, 0) is 100 Å². The molecule has 0 bridgehead atoms. The maximum atomic E-state index is 12.1. The SMILES string of the molecule is CC(C)(C1CCC(OCC(O)COCC2CC2)CC1)C1CCC(OCC(O)COCC2CO2)CC1.O=C(OCC1CO1)C1CCCCC1C(=O)OCC1CO1. The summed E-state index contributed by atoms with van der Waals surface area (Å²) in [6.45, 7) is 10.5. The van der Waals surface area contributed by atoms with Gasteiger partial charge in [0.05, 0.1) is 76.9 Å². The molecule has 3 saturated heterocycles. The first kappa shape index (κ1) is 43.2. The molecule has 0 aromatic carbocycles. The van der Waals surface area contributed by atoms with Crippen LogP contribution in [0.1, 0.15) is 104 Å². The average Bonchev–Trinajstić information content (AvgIpc) is 3.98. The second-order valence-electron chi connectivity index (χ2n) is 17.9. The minimum absolute atomic E-state index is 0.0555. The van der Waals surface area contributed by atoms with Gasteiger partial charge >= 0.3 is 11.9 Å². The normalized spacial score (nSPS) is 34.1. The van der Waals surface area contributed by atoms with Crippen molar-refractivity contribution in [1.29, 1.82) is 0 Å². The van der Waals surface area contributed by atoms with Gasteiger partial charge in [0.1, 0.15) is 43.7 Å². The summed E-state index contributed by atoms with van der Waals surface area (Å²) >= 11 is 0. The molecule has 7 atom stereocenters. The molecule has 55 heavy (non-hydrogen) atoms. The zero-order valence-electron chi connectivity index (χ0n) is 33.5. The molecular weight excluding hydrogens is 712 g/mol. The molecule has 7 aliphatic rings. The Hall–Kier alpha value is -1.42. The van der Waals surface area contributed by atoms with E-state index in [1.807, 2.05) is 0 Å². The topological polar surface area (TPSA) is 168 Å².